The van der Waals surface area contributed by atoms with E-state index in [9.17, 15) is 13.2 Å². The Hall–Kier alpha value is -0.290. The third-order valence-electron chi connectivity index (χ3n) is 5.03. The van der Waals surface area contributed by atoms with Gasteiger partial charge in [-0.3, -0.25) is 0 Å². The van der Waals surface area contributed by atoms with Crippen LogP contribution in [-0.4, -0.2) is 22.2 Å². The fourth-order valence-electron chi connectivity index (χ4n) is 3.81. The quantitative estimate of drug-likeness (QED) is 0.741. The van der Waals surface area contributed by atoms with Crippen molar-refractivity contribution in [1.29, 1.82) is 0 Å². The summed E-state index contributed by atoms with van der Waals surface area (Å²) >= 11 is 0. The number of fused-ring (bicyclic) bond motifs is 2. The van der Waals surface area contributed by atoms with Gasteiger partial charge in [-0.25, -0.2) is 0 Å². The third kappa shape index (κ3) is 2.08. The van der Waals surface area contributed by atoms with Crippen molar-refractivity contribution in [3.63, 3.8) is 0 Å². The number of aliphatic hydroxyl groups is 2. The molecule has 100 valence electrons. The number of halogens is 3. The maximum atomic E-state index is 12.4. The van der Waals surface area contributed by atoms with Crippen molar-refractivity contribution in [3.05, 3.63) is 0 Å². The van der Waals surface area contributed by atoms with Crippen molar-refractivity contribution in [1.82, 2.24) is 0 Å². The molecule has 0 heterocycles. The molecule has 0 radical (unpaired) electrons. The summed E-state index contributed by atoms with van der Waals surface area (Å²) in [4.78, 5) is 0. The van der Waals surface area contributed by atoms with Crippen molar-refractivity contribution < 1.29 is 23.4 Å². The zero-order chi connectivity index (χ0) is 13.0. The SMILES string of the molecule is CC1C2CC(CC(O)(O)C(F)(F)F)C(C2)C1C. The van der Waals surface area contributed by atoms with Crippen LogP contribution in [0.25, 0.3) is 0 Å². The number of hydrogen-bond acceptors (Lipinski definition) is 2. The van der Waals surface area contributed by atoms with Gasteiger partial charge in [-0.05, 0) is 42.4 Å². The Morgan fingerprint density at radius 2 is 1.65 bits per heavy atom. The molecule has 0 aromatic rings. The molecule has 0 spiro atoms. The Morgan fingerprint density at radius 1 is 1.06 bits per heavy atom. The van der Waals surface area contributed by atoms with Gasteiger partial charge in [0, 0.05) is 6.42 Å². The predicted molar refractivity (Wildman–Crippen MR) is 55.9 cm³/mol. The van der Waals surface area contributed by atoms with Gasteiger partial charge in [0.05, 0.1) is 0 Å². The minimum Gasteiger partial charge on any atom is -0.359 e. The van der Waals surface area contributed by atoms with Crippen molar-refractivity contribution in [2.75, 3.05) is 0 Å². The zero-order valence-electron chi connectivity index (χ0n) is 10.0. The smallest absolute Gasteiger partial charge is 0.359 e. The van der Waals surface area contributed by atoms with E-state index < -0.39 is 18.4 Å². The van der Waals surface area contributed by atoms with E-state index in [0.29, 0.717) is 24.2 Å². The fraction of sp³-hybridized carbons (Fsp3) is 1.00. The second-order valence-electron chi connectivity index (χ2n) is 5.89. The highest BCUT2D eigenvalue weighted by Gasteiger charge is 2.57. The van der Waals surface area contributed by atoms with Gasteiger partial charge in [0.1, 0.15) is 0 Å². The molecular formula is C12H19F3O2. The molecule has 0 saturated heterocycles. The van der Waals surface area contributed by atoms with Crippen molar-refractivity contribution >= 4 is 0 Å². The van der Waals surface area contributed by atoms with Gasteiger partial charge in [-0.2, -0.15) is 13.2 Å². The van der Waals surface area contributed by atoms with Crippen molar-refractivity contribution in [3.8, 4) is 0 Å². The summed E-state index contributed by atoms with van der Waals surface area (Å²) in [5, 5.41) is 18.2. The lowest BCUT2D eigenvalue weighted by Crippen LogP contribution is -2.47. The lowest BCUT2D eigenvalue weighted by molar-refractivity contribution is -0.355. The van der Waals surface area contributed by atoms with Gasteiger partial charge >= 0.3 is 6.18 Å². The van der Waals surface area contributed by atoms with Crippen molar-refractivity contribution in [2.24, 2.45) is 29.6 Å². The topological polar surface area (TPSA) is 40.5 Å². The molecule has 5 atom stereocenters. The summed E-state index contributed by atoms with van der Waals surface area (Å²) in [5.41, 5.74) is 0. The first-order chi connectivity index (χ1) is 7.63. The second kappa shape index (κ2) is 3.85. The van der Waals surface area contributed by atoms with E-state index in [1.165, 1.54) is 0 Å². The van der Waals surface area contributed by atoms with E-state index >= 15 is 0 Å². The van der Waals surface area contributed by atoms with E-state index in [1.54, 1.807) is 0 Å². The number of rotatable bonds is 2. The van der Waals surface area contributed by atoms with Crippen LogP contribution in [0.2, 0.25) is 0 Å². The lowest BCUT2D eigenvalue weighted by atomic mass is 9.73. The molecule has 2 aliphatic carbocycles. The normalized spacial score (nSPS) is 42.2. The van der Waals surface area contributed by atoms with Gasteiger partial charge in [0.25, 0.3) is 5.79 Å². The molecule has 0 amide bonds. The molecule has 0 aromatic carbocycles. The van der Waals surface area contributed by atoms with Crippen LogP contribution in [0.4, 0.5) is 13.2 Å². The Kier molecular flexibility index (Phi) is 2.98. The molecule has 2 saturated carbocycles. The molecule has 17 heavy (non-hydrogen) atoms. The highest BCUT2D eigenvalue weighted by atomic mass is 19.4. The molecule has 5 heteroatoms. The molecule has 5 unspecified atom stereocenters. The first kappa shape index (κ1) is 13.1. The molecule has 2 rings (SSSR count). The summed E-state index contributed by atoms with van der Waals surface area (Å²) in [6.45, 7) is 4.20. The van der Waals surface area contributed by atoms with Crippen LogP contribution >= 0.6 is 0 Å². The van der Waals surface area contributed by atoms with Gasteiger partial charge in [-0.1, -0.05) is 13.8 Å². The molecule has 2 N–H and O–H groups in total. The van der Waals surface area contributed by atoms with Gasteiger partial charge in [-0.15, -0.1) is 0 Å². The maximum absolute atomic E-state index is 12.4. The number of hydrogen-bond donors (Lipinski definition) is 2. The number of alkyl halides is 3. The lowest BCUT2D eigenvalue weighted by Gasteiger charge is -2.35. The van der Waals surface area contributed by atoms with Gasteiger partial charge in [0.15, 0.2) is 0 Å². The molecular weight excluding hydrogens is 233 g/mol. The standard InChI is InChI=1S/C12H19F3O2/c1-6-7(2)10-4-8(6)3-9(10)5-11(16,17)12(13,14)15/h6-10,16-17H,3-5H2,1-2H3. The third-order valence-corrected chi connectivity index (χ3v) is 5.03. The second-order valence-corrected chi connectivity index (χ2v) is 5.89. The summed E-state index contributed by atoms with van der Waals surface area (Å²) in [6, 6.07) is 0. The van der Waals surface area contributed by atoms with Gasteiger partial charge < -0.3 is 10.2 Å². The molecule has 0 aromatic heterocycles. The fourth-order valence-corrected chi connectivity index (χ4v) is 3.81. The van der Waals surface area contributed by atoms with Crippen LogP contribution in [0.5, 0.6) is 0 Å². The summed E-state index contributed by atoms with van der Waals surface area (Å²) in [7, 11) is 0. The summed E-state index contributed by atoms with van der Waals surface area (Å²) < 4.78 is 37.2. The zero-order valence-corrected chi connectivity index (χ0v) is 10.0. The average molecular weight is 252 g/mol. The molecule has 2 fully saturated rings. The Balaban J connectivity index is 2.04. The molecule has 2 nitrogen and oxygen atoms in total. The van der Waals surface area contributed by atoms with E-state index in [0.717, 1.165) is 6.42 Å². The van der Waals surface area contributed by atoms with Crippen molar-refractivity contribution in [2.45, 2.75) is 45.1 Å². The average Bonchev–Trinajstić information content (AvgIpc) is 2.66. The Labute approximate surface area is 98.8 Å². The first-order valence-electron chi connectivity index (χ1n) is 6.15. The minimum atomic E-state index is -4.95. The van der Waals surface area contributed by atoms with E-state index in [-0.39, 0.29) is 11.8 Å². The predicted octanol–water partition coefficient (Wildman–Crippen LogP) is 2.55. The minimum absolute atomic E-state index is 0.206. The molecule has 0 aliphatic heterocycles. The van der Waals surface area contributed by atoms with Crippen LogP contribution in [0.1, 0.15) is 33.1 Å². The van der Waals surface area contributed by atoms with E-state index in [2.05, 4.69) is 13.8 Å². The van der Waals surface area contributed by atoms with Crippen LogP contribution in [0.3, 0.4) is 0 Å². The highest BCUT2D eigenvalue weighted by Crippen LogP contribution is 2.57. The van der Waals surface area contributed by atoms with Crippen LogP contribution in [0.15, 0.2) is 0 Å². The monoisotopic (exact) mass is 252 g/mol. The highest BCUT2D eigenvalue weighted by molar-refractivity contribution is 4.99. The Morgan fingerprint density at radius 3 is 2.06 bits per heavy atom. The maximum Gasteiger partial charge on any atom is 0.442 e. The molecule has 2 aliphatic rings. The van der Waals surface area contributed by atoms with E-state index in [1.807, 2.05) is 0 Å². The molecule has 2 bridgehead atoms. The van der Waals surface area contributed by atoms with Crippen LogP contribution < -0.4 is 0 Å². The summed E-state index contributed by atoms with van der Waals surface area (Å²) in [5.74, 6) is -2.11. The van der Waals surface area contributed by atoms with E-state index in [4.69, 9.17) is 10.2 Å². The largest absolute Gasteiger partial charge is 0.442 e. The first-order valence-corrected chi connectivity index (χ1v) is 6.15. The van der Waals surface area contributed by atoms with Crippen LogP contribution in [0, 0.1) is 29.6 Å². The van der Waals surface area contributed by atoms with Gasteiger partial charge in [0.2, 0.25) is 0 Å². The van der Waals surface area contributed by atoms with Crippen LogP contribution in [-0.2, 0) is 0 Å². The Bertz CT molecular complexity index is 299. The summed E-state index contributed by atoms with van der Waals surface area (Å²) in [6.07, 6.45) is -3.88.